The molecule has 0 radical (unpaired) electrons. The molecular formula is C19H17IN2O3. The number of amides is 1. The average molecular weight is 448 g/mol. The molecule has 0 atom stereocenters. The van der Waals surface area contributed by atoms with Gasteiger partial charge in [0.25, 0.3) is 5.91 Å². The number of hydrogen-bond acceptors (Lipinski definition) is 4. The molecular weight excluding hydrogens is 431 g/mol. The summed E-state index contributed by atoms with van der Waals surface area (Å²) in [6, 6.07) is 13.2. The highest BCUT2D eigenvalue weighted by molar-refractivity contribution is 14.1. The third-order valence-electron chi connectivity index (χ3n) is 3.84. The predicted octanol–water partition coefficient (Wildman–Crippen LogP) is 4.11. The Kier molecular flexibility index (Phi) is 5.08. The Morgan fingerprint density at radius 2 is 1.84 bits per heavy atom. The quantitative estimate of drug-likeness (QED) is 0.523. The Morgan fingerprint density at radius 1 is 1.12 bits per heavy atom. The standard InChI is InChI=1S/C19H17IN2O3/c1-12-16(19(23)22(21-12)15-7-5-4-6-8-15)10-13-9-14(20)11-17(24-2)18(13)25-3/h4-11H,1-3H3/b16-10+. The number of hydrogen-bond donors (Lipinski definition) is 0. The average Bonchev–Trinajstić information content (AvgIpc) is 2.90. The van der Waals surface area contributed by atoms with Gasteiger partial charge in [-0.1, -0.05) is 18.2 Å². The number of carbonyl (C=O) groups is 1. The maximum Gasteiger partial charge on any atom is 0.280 e. The zero-order valence-corrected chi connectivity index (χ0v) is 16.3. The largest absolute Gasteiger partial charge is 0.493 e. The lowest BCUT2D eigenvalue weighted by Crippen LogP contribution is -2.21. The highest BCUT2D eigenvalue weighted by atomic mass is 127. The molecule has 0 aliphatic carbocycles. The molecule has 0 bridgehead atoms. The van der Waals surface area contributed by atoms with E-state index in [1.807, 2.05) is 49.4 Å². The van der Waals surface area contributed by atoms with Crippen LogP contribution >= 0.6 is 22.6 Å². The molecule has 2 aromatic carbocycles. The van der Waals surface area contributed by atoms with Crippen LogP contribution in [0.3, 0.4) is 0 Å². The van der Waals surface area contributed by atoms with Gasteiger partial charge in [0.15, 0.2) is 11.5 Å². The minimum atomic E-state index is -0.163. The fourth-order valence-corrected chi connectivity index (χ4v) is 3.27. The van der Waals surface area contributed by atoms with Crippen LogP contribution in [-0.4, -0.2) is 25.8 Å². The molecule has 1 heterocycles. The molecule has 0 saturated carbocycles. The number of para-hydroxylation sites is 1. The first kappa shape index (κ1) is 17.5. The van der Waals surface area contributed by atoms with E-state index < -0.39 is 0 Å². The molecule has 0 aromatic heterocycles. The normalized spacial score (nSPS) is 15.5. The summed E-state index contributed by atoms with van der Waals surface area (Å²) >= 11 is 2.21. The summed E-state index contributed by atoms with van der Waals surface area (Å²) in [5, 5.41) is 5.81. The van der Waals surface area contributed by atoms with Gasteiger partial charge in [-0.2, -0.15) is 10.1 Å². The minimum Gasteiger partial charge on any atom is -0.493 e. The highest BCUT2D eigenvalue weighted by Gasteiger charge is 2.29. The second-order valence-corrected chi connectivity index (χ2v) is 6.67. The van der Waals surface area contributed by atoms with Crippen LogP contribution in [0.5, 0.6) is 11.5 Å². The van der Waals surface area contributed by atoms with Gasteiger partial charge in [0.05, 0.1) is 31.2 Å². The van der Waals surface area contributed by atoms with E-state index >= 15 is 0 Å². The van der Waals surface area contributed by atoms with Gasteiger partial charge in [-0.25, -0.2) is 0 Å². The highest BCUT2D eigenvalue weighted by Crippen LogP contribution is 2.35. The van der Waals surface area contributed by atoms with Crippen molar-refractivity contribution in [2.24, 2.45) is 5.10 Å². The lowest BCUT2D eigenvalue weighted by Gasteiger charge is -2.13. The molecule has 0 fully saturated rings. The first-order valence-corrected chi connectivity index (χ1v) is 8.71. The number of halogens is 1. The molecule has 0 spiro atoms. The summed E-state index contributed by atoms with van der Waals surface area (Å²) in [6.45, 7) is 1.82. The topological polar surface area (TPSA) is 51.1 Å². The monoisotopic (exact) mass is 448 g/mol. The number of nitrogens with zero attached hydrogens (tertiary/aromatic N) is 2. The van der Waals surface area contributed by atoms with E-state index in [2.05, 4.69) is 27.7 Å². The van der Waals surface area contributed by atoms with E-state index in [9.17, 15) is 4.79 Å². The van der Waals surface area contributed by atoms with Gasteiger partial charge in [-0.05, 0) is 59.9 Å². The molecule has 128 valence electrons. The minimum absolute atomic E-state index is 0.163. The Labute approximate surface area is 160 Å². The summed E-state index contributed by atoms with van der Waals surface area (Å²) in [4.78, 5) is 12.8. The fourth-order valence-electron chi connectivity index (χ4n) is 2.65. The number of carbonyl (C=O) groups excluding carboxylic acids is 1. The van der Waals surface area contributed by atoms with Gasteiger partial charge in [-0.3, -0.25) is 4.79 Å². The van der Waals surface area contributed by atoms with Crippen molar-refractivity contribution in [1.82, 2.24) is 0 Å². The zero-order valence-electron chi connectivity index (χ0n) is 14.1. The van der Waals surface area contributed by atoms with Gasteiger partial charge >= 0.3 is 0 Å². The predicted molar refractivity (Wildman–Crippen MR) is 107 cm³/mol. The zero-order chi connectivity index (χ0) is 18.0. The molecule has 0 saturated heterocycles. The lowest BCUT2D eigenvalue weighted by molar-refractivity contribution is -0.114. The van der Waals surface area contributed by atoms with Crippen molar-refractivity contribution < 1.29 is 14.3 Å². The van der Waals surface area contributed by atoms with Gasteiger partial charge in [0, 0.05) is 9.13 Å². The number of rotatable bonds is 4. The summed E-state index contributed by atoms with van der Waals surface area (Å²) in [7, 11) is 3.18. The van der Waals surface area contributed by atoms with Crippen LogP contribution in [0, 0.1) is 3.57 Å². The summed E-state index contributed by atoms with van der Waals surface area (Å²) in [5.74, 6) is 1.05. The van der Waals surface area contributed by atoms with E-state index in [1.54, 1.807) is 20.3 Å². The Bertz CT molecular complexity index is 876. The molecule has 1 aliphatic rings. The molecule has 2 aromatic rings. The first-order chi connectivity index (χ1) is 12.0. The van der Waals surface area contributed by atoms with Crippen LogP contribution in [0.2, 0.25) is 0 Å². The summed E-state index contributed by atoms with van der Waals surface area (Å²) in [5.41, 5.74) is 2.71. The summed E-state index contributed by atoms with van der Waals surface area (Å²) in [6.07, 6.45) is 1.80. The van der Waals surface area contributed by atoms with E-state index in [0.29, 0.717) is 22.8 Å². The Balaban J connectivity index is 2.05. The second-order valence-electron chi connectivity index (χ2n) is 5.43. The third kappa shape index (κ3) is 3.39. The summed E-state index contributed by atoms with van der Waals surface area (Å²) < 4.78 is 11.8. The van der Waals surface area contributed by atoms with Crippen molar-refractivity contribution in [2.45, 2.75) is 6.92 Å². The van der Waals surface area contributed by atoms with Crippen LogP contribution in [0.1, 0.15) is 12.5 Å². The Hall–Kier alpha value is -2.35. The third-order valence-corrected chi connectivity index (χ3v) is 4.46. The maximum absolute atomic E-state index is 12.8. The van der Waals surface area contributed by atoms with Gasteiger partial charge in [-0.15, -0.1) is 0 Å². The first-order valence-electron chi connectivity index (χ1n) is 7.63. The molecule has 5 nitrogen and oxygen atoms in total. The van der Waals surface area contributed by atoms with Gasteiger partial charge in [0.1, 0.15) is 0 Å². The second kappa shape index (κ2) is 7.26. The van der Waals surface area contributed by atoms with Crippen molar-refractivity contribution in [1.29, 1.82) is 0 Å². The van der Waals surface area contributed by atoms with E-state index in [-0.39, 0.29) is 5.91 Å². The van der Waals surface area contributed by atoms with Gasteiger partial charge < -0.3 is 9.47 Å². The van der Waals surface area contributed by atoms with Crippen LogP contribution in [0.15, 0.2) is 53.1 Å². The maximum atomic E-state index is 12.8. The van der Waals surface area contributed by atoms with Gasteiger partial charge in [0.2, 0.25) is 0 Å². The van der Waals surface area contributed by atoms with Crippen molar-refractivity contribution in [3.8, 4) is 11.5 Å². The number of hydrazone groups is 1. The number of benzene rings is 2. The lowest BCUT2D eigenvalue weighted by atomic mass is 10.1. The molecule has 0 unspecified atom stereocenters. The molecule has 25 heavy (non-hydrogen) atoms. The van der Waals surface area contributed by atoms with Crippen LogP contribution < -0.4 is 14.5 Å². The smallest absolute Gasteiger partial charge is 0.280 e. The molecule has 1 amide bonds. The number of methoxy groups -OCH3 is 2. The number of anilines is 1. The molecule has 6 heteroatoms. The molecule has 0 N–H and O–H groups in total. The van der Waals surface area contributed by atoms with Crippen molar-refractivity contribution >= 4 is 46.0 Å². The fraction of sp³-hybridized carbons (Fsp3) is 0.158. The van der Waals surface area contributed by atoms with Crippen LogP contribution in [-0.2, 0) is 4.79 Å². The number of ether oxygens (including phenoxy) is 2. The SMILES string of the molecule is COc1cc(I)cc(/C=C2/C(=O)N(c3ccccc3)N=C2C)c1OC. The van der Waals surface area contributed by atoms with Crippen molar-refractivity contribution in [3.05, 3.63) is 57.2 Å². The molecule has 3 rings (SSSR count). The van der Waals surface area contributed by atoms with Crippen LogP contribution in [0.25, 0.3) is 6.08 Å². The van der Waals surface area contributed by atoms with E-state index in [0.717, 1.165) is 14.8 Å². The van der Waals surface area contributed by atoms with E-state index in [1.165, 1.54) is 5.01 Å². The Morgan fingerprint density at radius 3 is 2.48 bits per heavy atom. The van der Waals surface area contributed by atoms with Crippen LogP contribution in [0.4, 0.5) is 5.69 Å². The van der Waals surface area contributed by atoms with Crippen molar-refractivity contribution in [3.63, 3.8) is 0 Å². The van der Waals surface area contributed by atoms with Crippen molar-refractivity contribution in [2.75, 3.05) is 19.2 Å². The van der Waals surface area contributed by atoms with E-state index in [4.69, 9.17) is 9.47 Å². The molecule has 1 aliphatic heterocycles.